The molecule has 1 rings (SSSR count). The third kappa shape index (κ3) is 3.35. The SMILES string of the molecule is CCN(CCCN)C(=O)c1ccc(C)cc1. The minimum Gasteiger partial charge on any atom is -0.339 e. The van der Waals surface area contributed by atoms with E-state index in [1.54, 1.807) is 0 Å². The van der Waals surface area contributed by atoms with Crippen LogP contribution in [0.4, 0.5) is 0 Å². The third-order valence-corrected chi connectivity index (χ3v) is 2.60. The summed E-state index contributed by atoms with van der Waals surface area (Å²) in [5.41, 5.74) is 7.37. The molecule has 0 aliphatic rings. The Hall–Kier alpha value is -1.35. The molecule has 0 saturated carbocycles. The summed E-state index contributed by atoms with van der Waals surface area (Å²) in [4.78, 5) is 13.9. The van der Waals surface area contributed by atoms with Gasteiger partial charge in [-0.05, 0) is 38.9 Å². The van der Waals surface area contributed by atoms with Crippen molar-refractivity contribution in [2.24, 2.45) is 5.73 Å². The van der Waals surface area contributed by atoms with Gasteiger partial charge in [-0.1, -0.05) is 17.7 Å². The molecule has 0 aliphatic heterocycles. The second kappa shape index (κ2) is 6.28. The zero-order chi connectivity index (χ0) is 12.0. The monoisotopic (exact) mass is 220 g/mol. The highest BCUT2D eigenvalue weighted by molar-refractivity contribution is 5.94. The van der Waals surface area contributed by atoms with Gasteiger partial charge in [0.25, 0.3) is 5.91 Å². The average Bonchev–Trinajstić information content (AvgIpc) is 2.30. The first-order valence-electron chi connectivity index (χ1n) is 5.75. The predicted molar refractivity (Wildman–Crippen MR) is 66.4 cm³/mol. The first-order chi connectivity index (χ1) is 7.69. The van der Waals surface area contributed by atoms with E-state index in [0.717, 1.165) is 25.1 Å². The van der Waals surface area contributed by atoms with E-state index in [4.69, 9.17) is 5.73 Å². The van der Waals surface area contributed by atoms with E-state index in [-0.39, 0.29) is 5.91 Å². The minimum absolute atomic E-state index is 0.0935. The molecule has 3 heteroatoms. The second-order valence-corrected chi connectivity index (χ2v) is 3.89. The molecule has 0 heterocycles. The highest BCUT2D eigenvalue weighted by Crippen LogP contribution is 2.07. The van der Waals surface area contributed by atoms with Crippen molar-refractivity contribution in [2.45, 2.75) is 20.3 Å². The van der Waals surface area contributed by atoms with E-state index >= 15 is 0 Å². The van der Waals surface area contributed by atoms with Crippen LogP contribution in [0.25, 0.3) is 0 Å². The van der Waals surface area contributed by atoms with Crippen LogP contribution < -0.4 is 5.73 Å². The average molecular weight is 220 g/mol. The summed E-state index contributed by atoms with van der Waals surface area (Å²) in [7, 11) is 0. The first-order valence-corrected chi connectivity index (χ1v) is 5.75. The van der Waals surface area contributed by atoms with Crippen LogP contribution in [-0.2, 0) is 0 Å². The molecule has 0 saturated heterocycles. The van der Waals surface area contributed by atoms with Crippen LogP contribution in [0.3, 0.4) is 0 Å². The number of amides is 1. The standard InChI is InChI=1S/C13H20N2O/c1-3-15(10-4-9-14)13(16)12-7-5-11(2)6-8-12/h5-8H,3-4,9-10,14H2,1-2H3. The Balaban J connectivity index is 2.70. The van der Waals surface area contributed by atoms with Crippen LogP contribution in [0.1, 0.15) is 29.3 Å². The molecule has 3 nitrogen and oxygen atoms in total. The second-order valence-electron chi connectivity index (χ2n) is 3.89. The molecule has 2 N–H and O–H groups in total. The highest BCUT2D eigenvalue weighted by atomic mass is 16.2. The Kier molecular flexibility index (Phi) is 4.99. The molecule has 1 aromatic carbocycles. The Labute approximate surface area is 97.2 Å². The van der Waals surface area contributed by atoms with Gasteiger partial charge in [0, 0.05) is 18.7 Å². The molecule has 0 aliphatic carbocycles. The largest absolute Gasteiger partial charge is 0.339 e. The maximum Gasteiger partial charge on any atom is 0.253 e. The lowest BCUT2D eigenvalue weighted by molar-refractivity contribution is 0.0763. The molecule has 16 heavy (non-hydrogen) atoms. The van der Waals surface area contributed by atoms with Crippen molar-refractivity contribution in [2.75, 3.05) is 19.6 Å². The zero-order valence-electron chi connectivity index (χ0n) is 10.1. The van der Waals surface area contributed by atoms with Crippen molar-refractivity contribution >= 4 is 5.91 Å². The summed E-state index contributed by atoms with van der Waals surface area (Å²) in [5.74, 6) is 0.0935. The van der Waals surface area contributed by atoms with E-state index < -0.39 is 0 Å². The van der Waals surface area contributed by atoms with E-state index in [1.165, 1.54) is 5.56 Å². The zero-order valence-corrected chi connectivity index (χ0v) is 10.1. The van der Waals surface area contributed by atoms with E-state index in [9.17, 15) is 4.79 Å². The van der Waals surface area contributed by atoms with Gasteiger partial charge in [0.2, 0.25) is 0 Å². The number of rotatable bonds is 5. The van der Waals surface area contributed by atoms with Crippen molar-refractivity contribution in [1.82, 2.24) is 4.90 Å². The molecular formula is C13H20N2O. The molecule has 1 amide bonds. The number of carbonyl (C=O) groups is 1. The molecule has 0 unspecified atom stereocenters. The van der Waals surface area contributed by atoms with Gasteiger partial charge in [-0.25, -0.2) is 0 Å². The number of hydrogen-bond donors (Lipinski definition) is 1. The summed E-state index contributed by atoms with van der Waals surface area (Å²) in [6.07, 6.45) is 0.853. The number of benzene rings is 1. The molecular weight excluding hydrogens is 200 g/mol. The number of aryl methyl sites for hydroxylation is 1. The fraction of sp³-hybridized carbons (Fsp3) is 0.462. The number of nitrogens with two attached hydrogens (primary N) is 1. The highest BCUT2D eigenvalue weighted by Gasteiger charge is 2.12. The Morgan fingerprint density at radius 3 is 2.44 bits per heavy atom. The van der Waals surface area contributed by atoms with Gasteiger partial charge in [-0.2, -0.15) is 0 Å². The number of carbonyl (C=O) groups excluding carboxylic acids is 1. The van der Waals surface area contributed by atoms with Crippen LogP contribution in [0.5, 0.6) is 0 Å². The third-order valence-electron chi connectivity index (χ3n) is 2.60. The van der Waals surface area contributed by atoms with Crippen LogP contribution in [0, 0.1) is 6.92 Å². The number of nitrogens with zero attached hydrogens (tertiary/aromatic N) is 1. The maximum absolute atomic E-state index is 12.1. The van der Waals surface area contributed by atoms with Crippen molar-refractivity contribution in [1.29, 1.82) is 0 Å². The molecule has 0 fully saturated rings. The van der Waals surface area contributed by atoms with E-state index in [0.29, 0.717) is 6.54 Å². The van der Waals surface area contributed by atoms with Gasteiger partial charge < -0.3 is 10.6 Å². The molecule has 0 atom stereocenters. The van der Waals surface area contributed by atoms with Crippen LogP contribution >= 0.6 is 0 Å². The number of hydrogen-bond acceptors (Lipinski definition) is 2. The fourth-order valence-electron chi connectivity index (χ4n) is 1.56. The Morgan fingerprint density at radius 1 is 1.31 bits per heavy atom. The van der Waals surface area contributed by atoms with Crippen molar-refractivity contribution in [3.63, 3.8) is 0 Å². The summed E-state index contributed by atoms with van der Waals surface area (Å²) in [6.45, 7) is 6.09. The topological polar surface area (TPSA) is 46.3 Å². The lowest BCUT2D eigenvalue weighted by Gasteiger charge is -2.20. The van der Waals surface area contributed by atoms with E-state index in [1.807, 2.05) is 43.0 Å². The molecule has 1 aromatic rings. The normalized spacial score (nSPS) is 10.2. The van der Waals surface area contributed by atoms with Crippen LogP contribution in [0.2, 0.25) is 0 Å². The predicted octanol–water partition coefficient (Wildman–Crippen LogP) is 1.81. The minimum atomic E-state index is 0.0935. The van der Waals surface area contributed by atoms with Crippen molar-refractivity contribution in [3.05, 3.63) is 35.4 Å². The lowest BCUT2D eigenvalue weighted by Crippen LogP contribution is -2.32. The van der Waals surface area contributed by atoms with Crippen molar-refractivity contribution < 1.29 is 4.79 Å². The van der Waals surface area contributed by atoms with Gasteiger partial charge in [0.1, 0.15) is 0 Å². The van der Waals surface area contributed by atoms with Crippen LogP contribution in [-0.4, -0.2) is 30.4 Å². The van der Waals surface area contributed by atoms with Crippen LogP contribution in [0.15, 0.2) is 24.3 Å². The van der Waals surface area contributed by atoms with E-state index in [2.05, 4.69) is 0 Å². The fourth-order valence-corrected chi connectivity index (χ4v) is 1.56. The molecule has 0 radical (unpaired) electrons. The Bertz CT molecular complexity index is 332. The Morgan fingerprint density at radius 2 is 1.94 bits per heavy atom. The summed E-state index contributed by atoms with van der Waals surface area (Å²) < 4.78 is 0. The smallest absolute Gasteiger partial charge is 0.253 e. The first kappa shape index (κ1) is 12.7. The van der Waals surface area contributed by atoms with Crippen molar-refractivity contribution in [3.8, 4) is 0 Å². The summed E-state index contributed by atoms with van der Waals surface area (Å²) in [5, 5.41) is 0. The van der Waals surface area contributed by atoms with Gasteiger partial charge in [-0.3, -0.25) is 4.79 Å². The summed E-state index contributed by atoms with van der Waals surface area (Å²) >= 11 is 0. The summed E-state index contributed by atoms with van der Waals surface area (Å²) in [6, 6.07) is 7.68. The van der Waals surface area contributed by atoms with Gasteiger partial charge in [0.15, 0.2) is 0 Å². The quantitative estimate of drug-likeness (QED) is 0.822. The van der Waals surface area contributed by atoms with Gasteiger partial charge in [0.05, 0.1) is 0 Å². The maximum atomic E-state index is 12.1. The lowest BCUT2D eigenvalue weighted by atomic mass is 10.1. The van der Waals surface area contributed by atoms with Gasteiger partial charge >= 0.3 is 0 Å². The van der Waals surface area contributed by atoms with Gasteiger partial charge in [-0.15, -0.1) is 0 Å². The molecule has 0 aromatic heterocycles. The molecule has 0 spiro atoms. The molecule has 88 valence electrons. The molecule has 0 bridgehead atoms.